The molecule has 0 saturated heterocycles. The average Bonchev–Trinajstić information content (AvgIpc) is 2.67. The lowest BCUT2D eigenvalue weighted by atomic mass is 10.0. The molecule has 0 aromatic carbocycles. The second kappa shape index (κ2) is 69.1. The standard InChI is InChI=1S/C80H156O17P2/c1-70(2)56-48-40-32-27-23-19-15-11-9-10-12-18-22-26-30-36-46-54-62-79(84)96-75(66-91-78(83)61-53-45-37-31-34-42-50-58-72(5)6)68-94-98(86,87)92-64-74(81)65-93-99(88,89)95-69-76(97-80(85)63-55-47-39-38-43-51-59-73(7)8)67-90-77(82)60-52-44-35-29-25-21-17-14-13-16-20-24-28-33-41-49-57-71(3)4/h70-76,81H,9-69H2,1-8H3,(H,86,87)(H,88,89)/t74?,75-,76-/m1/s1. The normalized spacial score (nSPS) is 14.1. The highest BCUT2D eigenvalue weighted by atomic mass is 31.2. The van der Waals surface area contributed by atoms with Crippen molar-refractivity contribution in [2.45, 2.75) is 427 Å². The molecule has 3 unspecified atom stereocenters. The summed E-state index contributed by atoms with van der Waals surface area (Å²) in [5.74, 6) is 0.885. The molecule has 0 bridgehead atoms. The molecule has 17 nitrogen and oxygen atoms in total. The molecule has 5 atom stereocenters. The predicted molar refractivity (Wildman–Crippen MR) is 404 cm³/mol. The monoisotopic (exact) mass is 1450 g/mol. The van der Waals surface area contributed by atoms with Crippen LogP contribution in [0.25, 0.3) is 0 Å². The van der Waals surface area contributed by atoms with Crippen molar-refractivity contribution in [3.05, 3.63) is 0 Å². The molecule has 3 N–H and O–H groups in total. The minimum absolute atomic E-state index is 0.102. The van der Waals surface area contributed by atoms with Crippen LogP contribution in [-0.2, 0) is 65.4 Å². The molecule has 0 amide bonds. The highest BCUT2D eigenvalue weighted by Gasteiger charge is 2.30. The van der Waals surface area contributed by atoms with E-state index in [-0.39, 0.29) is 25.7 Å². The van der Waals surface area contributed by atoms with E-state index < -0.39 is 97.5 Å². The third-order valence-electron chi connectivity index (χ3n) is 18.6. The molecule has 0 aromatic rings. The molecule has 0 fully saturated rings. The number of phosphoric ester groups is 2. The summed E-state index contributed by atoms with van der Waals surface area (Å²) in [6.07, 6.45) is 56.0. The van der Waals surface area contributed by atoms with Crippen LogP contribution < -0.4 is 0 Å². The van der Waals surface area contributed by atoms with Crippen molar-refractivity contribution < 1.29 is 80.2 Å². The second-order valence-electron chi connectivity index (χ2n) is 30.7. The van der Waals surface area contributed by atoms with E-state index in [1.807, 2.05) is 0 Å². The van der Waals surface area contributed by atoms with Gasteiger partial charge in [0.15, 0.2) is 12.2 Å². The van der Waals surface area contributed by atoms with Crippen LogP contribution in [0.3, 0.4) is 0 Å². The van der Waals surface area contributed by atoms with Crippen molar-refractivity contribution in [1.82, 2.24) is 0 Å². The first kappa shape index (κ1) is 97.1. The smallest absolute Gasteiger partial charge is 0.462 e. The lowest BCUT2D eigenvalue weighted by Gasteiger charge is -2.21. The summed E-state index contributed by atoms with van der Waals surface area (Å²) in [7, 11) is -9.92. The predicted octanol–water partition coefficient (Wildman–Crippen LogP) is 23.6. The number of unbranched alkanes of at least 4 members (excludes halogenated alkanes) is 43. The van der Waals surface area contributed by atoms with Gasteiger partial charge in [-0.3, -0.25) is 37.3 Å². The van der Waals surface area contributed by atoms with Crippen LogP contribution in [-0.4, -0.2) is 96.7 Å². The molecule has 0 aliphatic heterocycles. The zero-order valence-electron chi connectivity index (χ0n) is 65.1. The number of hydrogen-bond donors (Lipinski definition) is 3. The SMILES string of the molecule is CC(C)CCCCCCCCCCCCCCCCCCCCC(=O)O[C@H](COC(=O)CCCCCCCCCC(C)C)COP(=O)(O)OCC(O)COP(=O)(O)OC[C@@H](COC(=O)CCCCCCCCCCCCCCCCCCC(C)C)OC(=O)CCCCCCCCC(C)C. The summed E-state index contributed by atoms with van der Waals surface area (Å²) in [5.41, 5.74) is 0. The van der Waals surface area contributed by atoms with Crippen molar-refractivity contribution in [2.24, 2.45) is 23.7 Å². The Morgan fingerprint density at radius 2 is 0.424 bits per heavy atom. The molecular weight excluding hydrogens is 1290 g/mol. The maximum atomic E-state index is 13.1. The highest BCUT2D eigenvalue weighted by molar-refractivity contribution is 7.47. The van der Waals surface area contributed by atoms with Gasteiger partial charge in [-0.15, -0.1) is 0 Å². The van der Waals surface area contributed by atoms with E-state index in [0.717, 1.165) is 108 Å². The Balaban J connectivity index is 5.11. The van der Waals surface area contributed by atoms with Gasteiger partial charge in [0.2, 0.25) is 0 Å². The minimum Gasteiger partial charge on any atom is -0.462 e. The number of carbonyl (C=O) groups excluding carboxylic acids is 4. The van der Waals surface area contributed by atoms with Crippen LogP contribution >= 0.6 is 15.6 Å². The lowest BCUT2D eigenvalue weighted by molar-refractivity contribution is -0.161. The van der Waals surface area contributed by atoms with E-state index >= 15 is 0 Å². The fraction of sp³-hybridized carbons (Fsp3) is 0.950. The molecule has 0 aliphatic rings. The second-order valence-corrected chi connectivity index (χ2v) is 33.6. The Bertz CT molecular complexity index is 1940. The van der Waals surface area contributed by atoms with Crippen molar-refractivity contribution in [3.8, 4) is 0 Å². The van der Waals surface area contributed by atoms with Crippen LogP contribution in [0.1, 0.15) is 409 Å². The summed E-state index contributed by atoms with van der Waals surface area (Å²) in [6.45, 7) is 14.1. The van der Waals surface area contributed by atoms with E-state index in [9.17, 15) is 43.2 Å². The van der Waals surface area contributed by atoms with Gasteiger partial charge in [-0.05, 0) is 49.4 Å². The molecule has 0 heterocycles. The van der Waals surface area contributed by atoms with E-state index in [1.165, 1.54) is 205 Å². The Morgan fingerprint density at radius 1 is 0.253 bits per heavy atom. The van der Waals surface area contributed by atoms with E-state index in [2.05, 4.69) is 55.4 Å². The van der Waals surface area contributed by atoms with Gasteiger partial charge in [0, 0.05) is 25.7 Å². The molecule has 0 spiro atoms. The molecule has 99 heavy (non-hydrogen) atoms. The summed E-state index contributed by atoms with van der Waals surface area (Å²) in [6, 6.07) is 0. The molecule has 0 radical (unpaired) electrons. The average molecular weight is 1450 g/mol. The summed E-state index contributed by atoms with van der Waals surface area (Å²) in [5, 5.41) is 10.6. The third-order valence-corrected chi connectivity index (χ3v) is 20.5. The van der Waals surface area contributed by atoms with Crippen molar-refractivity contribution in [3.63, 3.8) is 0 Å². The molecule has 588 valence electrons. The number of esters is 4. The van der Waals surface area contributed by atoms with Gasteiger partial charge in [0.1, 0.15) is 19.3 Å². The molecule has 19 heteroatoms. The number of phosphoric acid groups is 2. The summed E-state index contributed by atoms with van der Waals surface area (Å²) in [4.78, 5) is 72.8. The van der Waals surface area contributed by atoms with E-state index in [1.54, 1.807) is 0 Å². The zero-order chi connectivity index (χ0) is 73.1. The van der Waals surface area contributed by atoms with Crippen molar-refractivity contribution in [2.75, 3.05) is 39.6 Å². The largest absolute Gasteiger partial charge is 0.472 e. The van der Waals surface area contributed by atoms with Gasteiger partial charge in [0.25, 0.3) is 0 Å². The van der Waals surface area contributed by atoms with Gasteiger partial charge in [0.05, 0.1) is 26.4 Å². The van der Waals surface area contributed by atoms with Gasteiger partial charge >= 0.3 is 39.5 Å². The number of aliphatic hydroxyl groups excluding tert-OH is 1. The molecule has 0 aliphatic carbocycles. The van der Waals surface area contributed by atoms with Gasteiger partial charge < -0.3 is 33.8 Å². The molecule has 0 rings (SSSR count). The van der Waals surface area contributed by atoms with Gasteiger partial charge in [-0.1, -0.05) is 357 Å². The first-order valence-electron chi connectivity index (χ1n) is 41.2. The van der Waals surface area contributed by atoms with E-state index in [4.69, 9.17) is 37.0 Å². The first-order valence-corrected chi connectivity index (χ1v) is 44.2. The topological polar surface area (TPSA) is 237 Å². The Morgan fingerprint density at radius 3 is 0.626 bits per heavy atom. The lowest BCUT2D eigenvalue weighted by Crippen LogP contribution is -2.30. The van der Waals surface area contributed by atoms with Gasteiger partial charge in [-0.25, -0.2) is 9.13 Å². The third kappa shape index (κ3) is 74.1. The Kier molecular flexibility index (Phi) is 67.8. The maximum absolute atomic E-state index is 13.1. The van der Waals surface area contributed by atoms with Crippen LogP contribution in [0.15, 0.2) is 0 Å². The zero-order valence-corrected chi connectivity index (χ0v) is 66.9. The number of ether oxygens (including phenoxy) is 4. The van der Waals surface area contributed by atoms with Crippen LogP contribution in [0.5, 0.6) is 0 Å². The van der Waals surface area contributed by atoms with Crippen molar-refractivity contribution in [1.29, 1.82) is 0 Å². The quantitative estimate of drug-likeness (QED) is 0.0222. The maximum Gasteiger partial charge on any atom is 0.472 e. The number of rotatable bonds is 77. The van der Waals surface area contributed by atoms with Crippen LogP contribution in [0.2, 0.25) is 0 Å². The molecule has 0 aromatic heterocycles. The highest BCUT2D eigenvalue weighted by Crippen LogP contribution is 2.45. The number of carbonyl (C=O) groups is 4. The Hall–Kier alpha value is -1.94. The fourth-order valence-electron chi connectivity index (χ4n) is 12.3. The van der Waals surface area contributed by atoms with E-state index in [0.29, 0.717) is 37.5 Å². The summed E-state index contributed by atoms with van der Waals surface area (Å²) < 4.78 is 68.5. The first-order chi connectivity index (χ1) is 47.6. The molecule has 0 saturated carbocycles. The van der Waals surface area contributed by atoms with Gasteiger partial charge in [-0.2, -0.15) is 0 Å². The molecular formula is C80H156O17P2. The fourth-order valence-corrected chi connectivity index (χ4v) is 13.8. The van der Waals surface area contributed by atoms with Crippen molar-refractivity contribution >= 4 is 39.5 Å². The minimum atomic E-state index is -4.96. The van der Waals surface area contributed by atoms with Crippen LogP contribution in [0.4, 0.5) is 0 Å². The van der Waals surface area contributed by atoms with Crippen LogP contribution in [0, 0.1) is 23.7 Å². The Labute approximate surface area is 607 Å². The number of aliphatic hydroxyl groups is 1. The number of hydrogen-bond acceptors (Lipinski definition) is 15. The summed E-state index contributed by atoms with van der Waals surface area (Å²) >= 11 is 0.